The van der Waals surface area contributed by atoms with Gasteiger partial charge in [0.2, 0.25) is 5.76 Å². The Kier molecular flexibility index (Phi) is 4.12. The van der Waals surface area contributed by atoms with E-state index in [1.807, 2.05) is 13.8 Å². The van der Waals surface area contributed by atoms with Crippen molar-refractivity contribution >= 4 is 5.97 Å². The summed E-state index contributed by atoms with van der Waals surface area (Å²) < 4.78 is 9.86. The predicted octanol–water partition coefficient (Wildman–Crippen LogP) is 2.46. The SMILES string of the molecule is CCCC(O)(CC)c1ccc(C(=O)OC)o1. The van der Waals surface area contributed by atoms with Crippen LogP contribution in [-0.2, 0) is 10.3 Å². The van der Waals surface area contributed by atoms with Gasteiger partial charge in [-0.2, -0.15) is 0 Å². The minimum atomic E-state index is -0.985. The number of esters is 1. The molecule has 4 heteroatoms. The van der Waals surface area contributed by atoms with Crippen molar-refractivity contribution in [3.63, 3.8) is 0 Å². The van der Waals surface area contributed by atoms with Crippen molar-refractivity contribution in [2.45, 2.75) is 38.7 Å². The van der Waals surface area contributed by atoms with Crippen LogP contribution >= 0.6 is 0 Å². The van der Waals surface area contributed by atoms with Gasteiger partial charge in [-0.05, 0) is 25.0 Å². The molecule has 1 aromatic rings. The van der Waals surface area contributed by atoms with Gasteiger partial charge in [0, 0.05) is 0 Å². The predicted molar refractivity (Wildman–Crippen MR) is 59.1 cm³/mol. The summed E-state index contributed by atoms with van der Waals surface area (Å²) in [6, 6.07) is 3.16. The first-order valence-electron chi connectivity index (χ1n) is 5.48. The van der Waals surface area contributed by atoms with Gasteiger partial charge in [-0.1, -0.05) is 20.3 Å². The third-order valence-electron chi connectivity index (χ3n) is 2.70. The summed E-state index contributed by atoms with van der Waals surface area (Å²) in [5.74, 6) is 0.0268. The van der Waals surface area contributed by atoms with Gasteiger partial charge in [-0.15, -0.1) is 0 Å². The molecular weight excluding hydrogens is 208 g/mol. The van der Waals surface area contributed by atoms with E-state index in [1.165, 1.54) is 13.2 Å². The molecule has 0 saturated heterocycles. The number of carbonyl (C=O) groups excluding carboxylic acids is 1. The van der Waals surface area contributed by atoms with Crippen LogP contribution in [0.25, 0.3) is 0 Å². The lowest BCUT2D eigenvalue weighted by Crippen LogP contribution is -2.23. The molecule has 0 aliphatic rings. The van der Waals surface area contributed by atoms with E-state index in [0.29, 0.717) is 18.6 Å². The molecule has 1 atom stereocenters. The lowest BCUT2D eigenvalue weighted by molar-refractivity contribution is 0.00000181. The topological polar surface area (TPSA) is 59.7 Å². The van der Waals surface area contributed by atoms with Crippen molar-refractivity contribution in [2.75, 3.05) is 7.11 Å². The van der Waals surface area contributed by atoms with Gasteiger partial charge >= 0.3 is 5.97 Å². The smallest absolute Gasteiger partial charge is 0.373 e. The van der Waals surface area contributed by atoms with Crippen LogP contribution in [0.5, 0.6) is 0 Å². The molecule has 4 nitrogen and oxygen atoms in total. The van der Waals surface area contributed by atoms with E-state index in [0.717, 1.165) is 6.42 Å². The maximum absolute atomic E-state index is 11.2. The fourth-order valence-corrected chi connectivity index (χ4v) is 1.69. The van der Waals surface area contributed by atoms with Crippen LogP contribution in [0.2, 0.25) is 0 Å². The maximum atomic E-state index is 11.2. The number of ether oxygens (including phenoxy) is 1. The van der Waals surface area contributed by atoms with E-state index in [9.17, 15) is 9.90 Å². The molecule has 0 spiro atoms. The Morgan fingerprint density at radius 2 is 2.19 bits per heavy atom. The summed E-state index contributed by atoms with van der Waals surface area (Å²) >= 11 is 0. The Balaban J connectivity index is 2.95. The fraction of sp³-hybridized carbons (Fsp3) is 0.583. The highest BCUT2D eigenvalue weighted by atomic mass is 16.5. The quantitative estimate of drug-likeness (QED) is 0.783. The summed E-state index contributed by atoms with van der Waals surface area (Å²) in [4.78, 5) is 11.2. The number of rotatable bonds is 5. The lowest BCUT2D eigenvalue weighted by atomic mass is 9.92. The zero-order chi connectivity index (χ0) is 12.2. The van der Waals surface area contributed by atoms with Gasteiger partial charge in [0.15, 0.2) is 0 Å². The summed E-state index contributed by atoms with van der Waals surface area (Å²) in [5.41, 5.74) is -0.985. The molecule has 0 amide bonds. The Morgan fingerprint density at radius 1 is 1.50 bits per heavy atom. The van der Waals surface area contributed by atoms with E-state index >= 15 is 0 Å². The first-order chi connectivity index (χ1) is 7.57. The average Bonchev–Trinajstić information content (AvgIpc) is 2.78. The Hall–Kier alpha value is -1.29. The highest BCUT2D eigenvalue weighted by Crippen LogP contribution is 2.31. The summed E-state index contributed by atoms with van der Waals surface area (Å²) in [7, 11) is 1.29. The molecular formula is C12H18O4. The van der Waals surface area contributed by atoms with Gasteiger partial charge < -0.3 is 14.3 Å². The first-order valence-corrected chi connectivity index (χ1v) is 5.48. The third-order valence-corrected chi connectivity index (χ3v) is 2.70. The maximum Gasteiger partial charge on any atom is 0.373 e. The van der Waals surface area contributed by atoms with Crippen LogP contribution < -0.4 is 0 Å². The van der Waals surface area contributed by atoms with Gasteiger partial charge in [0.1, 0.15) is 11.4 Å². The first kappa shape index (κ1) is 12.8. The van der Waals surface area contributed by atoms with Crippen LogP contribution in [0.3, 0.4) is 0 Å². The van der Waals surface area contributed by atoms with Crippen molar-refractivity contribution in [1.29, 1.82) is 0 Å². The summed E-state index contributed by atoms with van der Waals surface area (Å²) in [6.45, 7) is 3.88. The average molecular weight is 226 g/mol. The second kappa shape index (κ2) is 5.16. The Bertz CT molecular complexity index is 356. The van der Waals surface area contributed by atoms with Gasteiger partial charge in [0.05, 0.1) is 7.11 Å². The highest BCUT2D eigenvalue weighted by molar-refractivity contribution is 5.86. The lowest BCUT2D eigenvalue weighted by Gasteiger charge is -2.23. The van der Waals surface area contributed by atoms with E-state index < -0.39 is 11.6 Å². The van der Waals surface area contributed by atoms with Gasteiger partial charge in [-0.25, -0.2) is 4.79 Å². The normalized spacial score (nSPS) is 14.5. The second-order valence-electron chi connectivity index (χ2n) is 3.79. The molecule has 0 aliphatic heterocycles. The summed E-state index contributed by atoms with van der Waals surface area (Å²) in [5, 5.41) is 10.3. The molecule has 0 aliphatic carbocycles. The molecule has 0 bridgehead atoms. The number of carbonyl (C=O) groups is 1. The molecule has 1 rings (SSSR count). The monoisotopic (exact) mass is 226 g/mol. The van der Waals surface area contributed by atoms with E-state index in [1.54, 1.807) is 6.07 Å². The summed E-state index contributed by atoms with van der Waals surface area (Å²) in [6.07, 6.45) is 2.01. The van der Waals surface area contributed by atoms with Crippen LogP contribution in [0.4, 0.5) is 0 Å². The molecule has 0 radical (unpaired) electrons. The zero-order valence-electron chi connectivity index (χ0n) is 9.95. The largest absolute Gasteiger partial charge is 0.463 e. The van der Waals surface area contributed by atoms with Crippen molar-refractivity contribution in [2.24, 2.45) is 0 Å². The number of hydrogen-bond acceptors (Lipinski definition) is 4. The highest BCUT2D eigenvalue weighted by Gasteiger charge is 2.30. The van der Waals surface area contributed by atoms with E-state index in [4.69, 9.17) is 4.42 Å². The molecule has 1 unspecified atom stereocenters. The zero-order valence-corrected chi connectivity index (χ0v) is 9.95. The molecule has 1 aromatic heterocycles. The van der Waals surface area contributed by atoms with Gasteiger partial charge in [-0.3, -0.25) is 0 Å². The molecule has 0 aromatic carbocycles. The Labute approximate surface area is 95.2 Å². The van der Waals surface area contributed by atoms with Crippen LogP contribution in [0.15, 0.2) is 16.5 Å². The number of furan rings is 1. The molecule has 90 valence electrons. The number of methoxy groups -OCH3 is 1. The number of hydrogen-bond donors (Lipinski definition) is 1. The Morgan fingerprint density at radius 3 is 2.69 bits per heavy atom. The fourth-order valence-electron chi connectivity index (χ4n) is 1.69. The molecule has 0 fully saturated rings. The minimum absolute atomic E-state index is 0.125. The third kappa shape index (κ3) is 2.44. The van der Waals surface area contributed by atoms with Crippen molar-refractivity contribution in [1.82, 2.24) is 0 Å². The second-order valence-corrected chi connectivity index (χ2v) is 3.79. The molecule has 1 heterocycles. The van der Waals surface area contributed by atoms with Crippen molar-refractivity contribution < 1.29 is 19.1 Å². The molecule has 0 saturated carbocycles. The standard InChI is InChI=1S/C12H18O4/c1-4-8-12(14,5-2)10-7-6-9(16-10)11(13)15-3/h6-7,14H,4-5,8H2,1-3H3. The molecule has 16 heavy (non-hydrogen) atoms. The van der Waals surface area contributed by atoms with Crippen molar-refractivity contribution in [3.05, 3.63) is 23.7 Å². The van der Waals surface area contributed by atoms with Crippen LogP contribution in [0.1, 0.15) is 49.4 Å². The van der Waals surface area contributed by atoms with Crippen molar-refractivity contribution in [3.8, 4) is 0 Å². The van der Waals surface area contributed by atoms with E-state index in [-0.39, 0.29) is 5.76 Å². The van der Waals surface area contributed by atoms with Gasteiger partial charge in [0.25, 0.3) is 0 Å². The minimum Gasteiger partial charge on any atom is -0.463 e. The van der Waals surface area contributed by atoms with Crippen LogP contribution in [-0.4, -0.2) is 18.2 Å². The van der Waals surface area contributed by atoms with E-state index in [2.05, 4.69) is 4.74 Å². The number of aliphatic hydroxyl groups is 1. The van der Waals surface area contributed by atoms with Crippen LogP contribution in [0, 0.1) is 0 Å². The molecule has 1 N–H and O–H groups in total.